The maximum atomic E-state index is 15.3. The van der Waals surface area contributed by atoms with E-state index in [1.807, 2.05) is 81.1 Å². The molecule has 2 amide bonds. The predicted octanol–water partition coefficient (Wildman–Crippen LogP) is 5.76. The fourth-order valence-electron chi connectivity index (χ4n) is 5.51. The summed E-state index contributed by atoms with van der Waals surface area (Å²) in [5.74, 6) is 0.724. The van der Waals surface area contributed by atoms with Crippen molar-refractivity contribution in [1.82, 2.24) is 25.1 Å². The summed E-state index contributed by atoms with van der Waals surface area (Å²) in [6.07, 6.45) is 3.39. The van der Waals surface area contributed by atoms with Crippen molar-refractivity contribution in [2.45, 2.75) is 52.9 Å². The number of rotatable bonds is 9. The number of carbonyl (C=O) groups is 2. The first-order valence-corrected chi connectivity index (χ1v) is 14.9. The molecule has 1 N–H and O–H groups in total. The summed E-state index contributed by atoms with van der Waals surface area (Å²) in [6.45, 7) is 8.82. The zero-order valence-electron chi connectivity index (χ0n) is 25.5. The van der Waals surface area contributed by atoms with Crippen LogP contribution >= 0.6 is 0 Å². The number of amides is 2. The van der Waals surface area contributed by atoms with Gasteiger partial charge in [0.15, 0.2) is 5.82 Å². The van der Waals surface area contributed by atoms with Gasteiger partial charge in [-0.2, -0.15) is 0 Å². The van der Waals surface area contributed by atoms with E-state index < -0.39 is 6.04 Å². The lowest BCUT2D eigenvalue weighted by molar-refractivity contribution is -0.150. The van der Waals surface area contributed by atoms with E-state index in [0.29, 0.717) is 36.0 Å². The van der Waals surface area contributed by atoms with Crippen LogP contribution in [0.15, 0.2) is 85.2 Å². The van der Waals surface area contributed by atoms with Crippen molar-refractivity contribution in [2.24, 2.45) is 5.92 Å². The van der Waals surface area contributed by atoms with Crippen LogP contribution < -0.4 is 10.1 Å². The van der Waals surface area contributed by atoms with E-state index in [0.717, 1.165) is 16.7 Å². The molecule has 0 saturated carbocycles. The van der Waals surface area contributed by atoms with Gasteiger partial charge in [-0.25, -0.2) is 14.4 Å². The summed E-state index contributed by atoms with van der Waals surface area (Å²) in [7, 11) is 0. The second kappa shape index (κ2) is 13.8. The summed E-state index contributed by atoms with van der Waals surface area (Å²) in [4.78, 5) is 39.3. The molecule has 2 atom stereocenters. The van der Waals surface area contributed by atoms with Gasteiger partial charge in [0.05, 0.1) is 0 Å². The first-order chi connectivity index (χ1) is 21.2. The molecule has 3 aromatic carbocycles. The number of piperazine rings is 1. The van der Waals surface area contributed by atoms with Crippen LogP contribution in [0.4, 0.5) is 4.39 Å². The number of hydrogen-bond acceptors (Lipinski definition) is 6. The maximum Gasteiger partial charge on any atom is 0.244 e. The van der Waals surface area contributed by atoms with Crippen LogP contribution in [0.25, 0.3) is 11.4 Å². The summed E-state index contributed by atoms with van der Waals surface area (Å²) in [6, 6.07) is 20.9. The molecule has 9 heteroatoms. The molecule has 44 heavy (non-hydrogen) atoms. The number of hydrogen-bond donors (Lipinski definition) is 1. The first kappa shape index (κ1) is 30.8. The molecule has 2 heterocycles. The van der Waals surface area contributed by atoms with Crippen LogP contribution in [0, 0.1) is 18.7 Å². The van der Waals surface area contributed by atoms with Gasteiger partial charge in [0.25, 0.3) is 0 Å². The van der Waals surface area contributed by atoms with Crippen molar-refractivity contribution >= 4 is 11.8 Å². The minimum absolute atomic E-state index is 0.0843. The van der Waals surface area contributed by atoms with Gasteiger partial charge in [-0.1, -0.05) is 62.4 Å². The third-order valence-corrected chi connectivity index (χ3v) is 7.83. The van der Waals surface area contributed by atoms with E-state index in [9.17, 15) is 9.59 Å². The highest BCUT2D eigenvalue weighted by Crippen LogP contribution is 2.31. The monoisotopic (exact) mass is 595 g/mol. The van der Waals surface area contributed by atoms with E-state index in [1.54, 1.807) is 35.5 Å². The summed E-state index contributed by atoms with van der Waals surface area (Å²) in [5, 5.41) is 3.03. The van der Waals surface area contributed by atoms with Crippen LogP contribution in [0.2, 0.25) is 0 Å². The molecule has 228 valence electrons. The van der Waals surface area contributed by atoms with Crippen LogP contribution in [-0.4, -0.2) is 56.8 Å². The second-order valence-corrected chi connectivity index (χ2v) is 11.5. The molecule has 0 unspecified atom stereocenters. The average molecular weight is 596 g/mol. The zero-order chi connectivity index (χ0) is 31.2. The molecular formula is C35H38FN5O3. The maximum absolute atomic E-state index is 15.3. The number of ether oxygens (including phenoxy) is 1. The molecule has 0 spiro atoms. The quantitative estimate of drug-likeness (QED) is 0.265. The summed E-state index contributed by atoms with van der Waals surface area (Å²) >= 11 is 0. The Hall–Kier alpha value is -4.63. The minimum Gasteiger partial charge on any atom is -0.457 e. The zero-order valence-corrected chi connectivity index (χ0v) is 25.5. The van der Waals surface area contributed by atoms with Gasteiger partial charge in [0, 0.05) is 61.7 Å². The molecular weight excluding hydrogens is 557 g/mol. The highest BCUT2D eigenvalue weighted by Gasteiger charge is 2.40. The largest absolute Gasteiger partial charge is 0.457 e. The summed E-state index contributed by atoms with van der Waals surface area (Å²) in [5.41, 5.74) is 3.14. The van der Waals surface area contributed by atoms with E-state index in [4.69, 9.17) is 4.74 Å². The normalized spacial score (nSPS) is 17.0. The van der Waals surface area contributed by atoms with E-state index in [-0.39, 0.29) is 42.7 Å². The highest BCUT2D eigenvalue weighted by molar-refractivity contribution is 5.89. The van der Waals surface area contributed by atoms with Gasteiger partial charge >= 0.3 is 0 Å². The number of nitrogens with zero attached hydrogens (tertiary/aromatic N) is 4. The molecule has 8 nitrogen and oxygen atoms in total. The van der Waals surface area contributed by atoms with Crippen LogP contribution in [0.5, 0.6) is 11.5 Å². The van der Waals surface area contributed by atoms with Crippen LogP contribution in [0.1, 0.15) is 37.5 Å². The van der Waals surface area contributed by atoms with Gasteiger partial charge in [0.2, 0.25) is 11.8 Å². The number of para-hydroxylation sites is 1. The number of aromatic nitrogens is 2. The molecule has 1 aliphatic heterocycles. The minimum atomic E-state index is -0.738. The van der Waals surface area contributed by atoms with Crippen molar-refractivity contribution in [3.8, 4) is 22.9 Å². The highest BCUT2D eigenvalue weighted by atomic mass is 19.1. The lowest BCUT2D eigenvalue weighted by Gasteiger charge is -2.45. The van der Waals surface area contributed by atoms with Gasteiger partial charge < -0.3 is 15.0 Å². The van der Waals surface area contributed by atoms with Gasteiger partial charge in [-0.15, -0.1) is 0 Å². The molecule has 4 aromatic rings. The smallest absolute Gasteiger partial charge is 0.244 e. The second-order valence-electron chi connectivity index (χ2n) is 11.5. The third-order valence-electron chi connectivity index (χ3n) is 7.83. The molecule has 1 fully saturated rings. The number of nitrogens with one attached hydrogen (secondary N) is 1. The third kappa shape index (κ3) is 7.11. The van der Waals surface area contributed by atoms with Crippen molar-refractivity contribution in [3.63, 3.8) is 0 Å². The van der Waals surface area contributed by atoms with E-state index in [1.165, 1.54) is 6.07 Å². The molecule has 5 rings (SSSR count). The first-order valence-electron chi connectivity index (χ1n) is 14.9. The predicted molar refractivity (Wildman–Crippen MR) is 167 cm³/mol. The van der Waals surface area contributed by atoms with Crippen LogP contribution in [-0.2, 0) is 22.7 Å². The molecule has 0 radical (unpaired) electrons. The Morgan fingerprint density at radius 1 is 0.955 bits per heavy atom. The van der Waals surface area contributed by atoms with Crippen molar-refractivity contribution in [2.75, 3.05) is 13.1 Å². The Morgan fingerprint density at radius 2 is 1.66 bits per heavy atom. The standard InChI is InChI=1S/C35H38FN5O3/c1-23(2)35(43)41-25(4)20-40(21-28-29(36)10-7-12-32(28)44-31-11-6-5-9-24(31)3)22-30(41)34(42)39-19-26-13-15-27(16-14-26)33-37-17-8-18-38-33/h5-18,23,25,30H,19-22H2,1-4H3,(H,39,42)/t25-,30-/m1/s1. The van der Waals surface area contributed by atoms with Crippen molar-refractivity contribution < 1.29 is 18.7 Å². The van der Waals surface area contributed by atoms with Crippen molar-refractivity contribution in [1.29, 1.82) is 0 Å². The molecule has 1 aliphatic rings. The van der Waals surface area contributed by atoms with E-state index >= 15 is 4.39 Å². The van der Waals surface area contributed by atoms with Gasteiger partial charge in [0.1, 0.15) is 23.4 Å². The number of carbonyl (C=O) groups excluding carboxylic acids is 2. The fourth-order valence-corrected chi connectivity index (χ4v) is 5.51. The molecule has 1 aromatic heterocycles. The fraction of sp³-hybridized carbons (Fsp3) is 0.314. The number of halogens is 1. The van der Waals surface area contributed by atoms with Crippen molar-refractivity contribution in [3.05, 3.63) is 108 Å². The molecule has 0 aliphatic carbocycles. The SMILES string of the molecule is Cc1ccccc1Oc1cccc(F)c1CN1C[C@@H](C)N(C(=O)C(C)C)[C@@H](C(=O)NCc2ccc(-c3ncccn3)cc2)C1. The number of benzene rings is 3. The lowest BCUT2D eigenvalue weighted by Crippen LogP contribution is -2.64. The lowest BCUT2D eigenvalue weighted by atomic mass is 10.0. The van der Waals surface area contributed by atoms with Gasteiger partial charge in [-0.3, -0.25) is 14.5 Å². The summed E-state index contributed by atoms with van der Waals surface area (Å²) < 4.78 is 21.4. The Bertz CT molecular complexity index is 1600. The Morgan fingerprint density at radius 3 is 2.36 bits per heavy atom. The topological polar surface area (TPSA) is 87.7 Å². The number of aryl methyl sites for hydroxylation is 1. The average Bonchev–Trinajstić information content (AvgIpc) is 3.02. The Kier molecular flexibility index (Phi) is 9.65. The Labute approximate surface area is 257 Å². The Balaban J connectivity index is 1.33. The van der Waals surface area contributed by atoms with Crippen LogP contribution in [0.3, 0.4) is 0 Å². The van der Waals surface area contributed by atoms with Gasteiger partial charge in [-0.05, 0) is 49.2 Å². The molecule has 0 bridgehead atoms. The molecule has 1 saturated heterocycles. The van der Waals surface area contributed by atoms with E-state index in [2.05, 4.69) is 15.3 Å².